The molecule has 0 unspecified atom stereocenters. The third-order valence-electron chi connectivity index (χ3n) is 3.07. The van der Waals surface area contributed by atoms with Gasteiger partial charge in [-0.15, -0.1) is 0 Å². The number of aliphatic hydroxyl groups excluding tert-OH is 2. The van der Waals surface area contributed by atoms with Gasteiger partial charge in [-0.2, -0.15) is 0 Å². The third kappa shape index (κ3) is 3.04. The van der Waals surface area contributed by atoms with Crippen molar-refractivity contribution in [2.75, 3.05) is 5.32 Å². The lowest BCUT2D eigenvalue weighted by molar-refractivity contribution is -0.114. The molecule has 0 fully saturated rings. The second-order valence-electron chi connectivity index (χ2n) is 4.53. The van der Waals surface area contributed by atoms with Crippen molar-refractivity contribution < 1.29 is 15.0 Å². The van der Waals surface area contributed by atoms with Gasteiger partial charge in [0.1, 0.15) is 0 Å². The zero-order valence-corrected chi connectivity index (χ0v) is 11.3. The molecular formula is C16H17NO3. The molecule has 2 rings (SSSR count). The molecule has 2 aromatic rings. The van der Waals surface area contributed by atoms with Gasteiger partial charge in [0.05, 0.1) is 13.2 Å². The van der Waals surface area contributed by atoms with Crippen LogP contribution in [0.3, 0.4) is 0 Å². The van der Waals surface area contributed by atoms with E-state index < -0.39 is 0 Å². The average Bonchev–Trinajstić information content (AvgIpc) is 2.47. The van der Waals surface area contributed by atoms with E-state index in [0.717, 1.165) is 11.1 Å². The molecule has 0 saturated carbocycles. The fraction of sp³-hybridized carbons (Fsp3) is 0.188. The first-order chi connectivity index (χ1) is 9.65. The van der Waals surface area contributed by atoms with Crippen molar-refractivity contribution in [1.82, 2.24) is 0 Å². The number of aliphatic hydroxyl groups is 2. The van der Waals surface area contributed by atoms with Crippen LogP contribution in [-0.4, -0.2) is 16.1 Å². The van der Waals surface area contributed by atoms with E-state index in [1.54, 1.807) is 12.1 Å². The summed E-state index contributed by atoms with van der Waals surface area (Å²) in [6.45, 7) is 1.09. The molecule has 0 saturated heterocycles. The molecule has 0 radical (unpaired) electrons. The molecule has 0 bridgehead atoms. The van der Waals surface area contributed by atoms with E-state index in [1.807, 2.05) is 30.3 Å². The van der Waals surface area contributed by atoms with Gasteiger partial charge in [0.15, 0.2) is 0 Å². The Balaban J connectivity index is 2.55. The summed E-state index contributed by atoms with van der Waals surface area (Å²) in [6, 6.07) is 13.1. The lowest BCUT2D eigenvalue weighted by atomic mass is 9.96. The summed E-state index contributed by atoms with van der Waals surface area (Å²) in [5.74, 6) is -0.212. The van der Waals surface area contributed by atoms with Gasteiger partial charge in [0.25, 0.3) is 0 Å². The zero-order chi connectivity index (χ0) is 14.5. The Bertz CT molecular complexity index is 609. The number of hydrogen-bond donors (Lipinski definition) is 3. The summed E-state index contributed by atoms with van der Waals surface area (Å²) in [7, 11) is 0. The molecule has 4 heteroatoms. The van der Waals surface area contributed by atoms with Crippen LogP contribution in [0.25, 0.3) is 11.1 Å². The predicted octanol–water partition coefficient (Wildman–Crippen LogP) is 2.30. The number of rotatable bonds is 4. The number of carbonyl (C=O) groups is 1. The summed E-state index contributed by atoms with van der Waals surface area (Å²) in [5, 5.41) is 21.6. The highest BCUT2D eigenvalue weighted by molar-refractivity contribution is 5.90. The smallest absolute Gasteiger partial charge is 0.221 e. The maximum atomic E-state index is 11.2. The lowest BCUT2D eigenvalue weighted by Crippen LogP contribution is -2.09. The second kappa shape index (κ2) is 6.32. The van der Waals surface area contributed by atoms with Crippen molar-refractivity contribution in [3.8, 4) is 11.1 Å². The Kier molecular flexibility index (Phi) is 4.50. The van der Waals surface area contributed by atoms with Crippen molar-refractivity contribution in [1.29, 1.82) is 0 Å². The fourth-order valence-electron chi connectivity index (χ4n) is 2.14. The van der Waals surface area contributed by atoms with Crippen LogP contribution in [-0.2, 0) is 18.0 Å². The SMILES string of the molecule is CC(=O)Nc1cc(CO)c(-c2ccccc2)cc1CO. The molecule has 104 valence electrons. The predicted molar refractivity (Wildman–Crippen MR) is 78.0 cm³/mol. The van der Waals surface area contributed by atoms with Crippen LogP contribution >= 0.6 is 0 Å². The average molecular weight is 271 g/mol. The quantitative estimate of drug-likeness (QED) is 0.799. The van der Waals surface area contributed by atoms with Crippen LogP contribution in [0.2, 0.25) is 0 Å². The Hall–Kier alpha value is -2.17. The van der Waals surface area contributed by atoms with E-state index in [2.05, 4.69) is 5.32 Å². The van der Waals surface area contributed by atoms with E-state index >= 15 is 0 Å². The van der Waals surface area contributed by atoms with E-state index in [1.165, 1.54) is 6.92 Å². The Morgan fingerprint density at radius 2 is 1.70 bits per heavy atom. The molecule has 0 aromatic heterocycles. The van der Waals surface area contributed by atoms with Crippen LogP contribution in [0.15, 0.2) is 42.5 Å². The van der Waals surface area contributed by atoms with E-state index in [9.17, 15) is 15.0 Å². The minimum atomic E-state index is -0.212. The molecule has 1 amide bonds. The molecule has 20 heavy (non-hydrogen) atoms. The molecule has 4 nitrogen and oxygen atoms in total. The number of benzene rings is 2. The van der Waals surface area contributed by atoms with Gasteiger partial charge in [-0.3, -0.25) is 4.79 Å². The number of nitrogens with one attached hydrogen (secondary N) is 1. The molecule has 2 aromatic carbocycles. The molecule has 0 heterocycles. The molecule has 0 spiro atoms. The van der Waals surface area contributed by atoms with E-state index in [0.29, 0.717) is 16.8 Å². The molecule has 0 aliphatic rings. The molecule has 0 aliphatic carbocycles. The number of amides is 1. The van der Waals surface area contributed by atoms with Gasteiger partial charge < -0.3 is 15.5 Å². The largest absolute Gasteiger partial charge is 0.392 e. The minimum Gasteiger partial charge on any atom is -0.392 e. The standard InChI is InChI=1S/C16H17NO3/c1-11(20)17-16-8-13(9-18)15(7-14(16)10-19)12-5-3-2-4-6-12/h2-8,18-19H,9-10H2,1H3,(H,17,20). The highest BCUT2D eigenvalue weighted by Gasteiger charge is 2.11. The van der Waals surface area contributed by atoms with Crippen LogP contribution in [0.5, 0.6) is 0 Å². The fourth-order valence-corrected chi connectivity index (χ4v) is 2.14. The van der Waals surface area contributed by atoms with Gasteiger partial charge in [-0.05, 0) is 28.8 Å². The summed E-state index contributed by atoms with van der Waals surface area (Å²) in [4.78, 5) is 11.2. The summed E-state index contributed by atoms with van der Waals surface area (Å²) >= 11 is 0. The minimum absolute atomic E-state index is 0.136. The number of carbonyl (C=O) groups excluding carboxylic acids is 1. The van der Waals surface area contributed by atoms with Gasteiger partial charge in [0.2, 0.25) is 5.91 Å². The second-order valence-corrected chi connectivity index (χ2v) is 4.53. The van der Waals surface area contributed by atoms with Crippen molar-refractivity contribution in [2.45, 2.75) is 20.1 Å². The topological polar surface area (TPSA) is 69.6 Å². The first kappa shape index (κ1) is 14.2. The van der Waals surface area contributed by atoms with E-state index in [-0.39, 0.29) is 19.1 Å². The van der Waals surface area contributed by atoms with Crippen molar-refractivity contribution in [2.24, 2.45) is 0 Å². The monoisotopic (exact) mass is 271 g/mol. The molecule has 3 N–H and O–H groups in total. The van der Waals surface area contributed by atoms with Gasteiger partial charge >= 0.3 is 0 Å². The van der Waals surface area contributed by atoms with Crippen LogP contribution in [0.1, 0.15) is 18.1 Å². The van der Waals surface area contributed by atoms with Crippen LogP contribution in [0.4, 0.5) is 5.69 Å². The Morgan fingerprint density at radius 1 is 1.05 bits per heavy atom. The van der Waals surface area contributed by atoms with Crippen molar-refractivity contribution in [3.63, 3.8) is 0 Å². The Morgan fingerprint density at radius 3 is 2.25 bits per heavy atom. The lowest BCUT2D eigenvalue weighted by Gasteiger charge is -2.15. The van der Waals surface area contributed by atoms with Crippen LogP contribution in [0, 0.1) is 0 Å². The van der Waals surface area contributed by atoms with E-state index in [4.69, 9.17) is 0 Å². The van der Waals surface area contributed by atoms with Gasteiger partial charge in [0, 0.05) is 18.2 Å². The van der Waals surface area contributed by atoms with Gasteiger partial charge in [-0.1, -0.05) is 30.3 Å². The summed E-state index contributed by atoms with van der Waals surface area (Å²) in [5.41, 5.74) is 3.67. The van der Waals surface area contributed by atoms with Gasteiger partial charge in [-0.25, -0.2) is 0 Å². The molecule has 0 atom stereocenters. The first-order valence-electron chi connectivity index (χ1n) is 6.36. The molecule has 0 aliphatic heterocycles. The summed E-state index contributed by atoms with van der Waals surface area (Å²) in [6.07, 6.45) is 0. The first-order valence-corrected chi connectivity index (χ1v) is 6.36. The summed E-state index contributed by atoms with van der Waals surface area (Å²) < 4.78 is 0. The van der Waals surface area contributed by atoms with Crippen molar-refractivity contribution in [3.05, 3.63) is 53.6 Å². The van der Waals surface area contributed by atoms with Crippen LogP contribution < -0.4 is 5.32 Å². The van der Waals surface area contributed by atoms with Crippen molar-refractivity contribution >= 4 is 11.6 Å². The highest BCUT2D eigenvalue weighted by atomic mass is 16.3. The molecular weight excluding hydrogens is 254 g/mol. The Labute approximate surface area is 117 Å². The number of hydrogen-bond acceptors (Lipinski definition) is 3. The number of anilines is 1. The third-order valence-corrected chi connectivity index (χ3v) is 3.07. The highest BCUT2D eigenvalue weighted by Crippen LogP contribution is 2.30. The zero-order valence-electron chi connectivity index (χ0n) is 11.3. The maximum Gasteiger partial charge on any atom is 0.221 e. The maximum absolute atomic E-state index is 11.2. The normalized spacial score (nSPS) is 10.3.